The molecule has 2 N–H and O–H groups in total. The summed E-state index contributed by atoms with van der Waals surface area (Å²) in [7, 11) is 0. The number of aryl methyl sites for hydroxylation is 1. The summed E-state index contributed by atoms with van der Waals surface area (Å²) in [6.45, 7) is 1.91. The molecule has 0 aliphatic heterocycles. The summed E-state index contributed by atoms with van der Waals surface area (Å²) in [4.78, 5) is 12.5. The molecule has 4 nitrogen and oxygen atoms in total. The molecule has 0 spiro atoms. The van der Waals surface area contributed by atoms with Gasteiger partial charge in [-0.25, -0.2) is 9.07 Å². The Morgan fingerprint density at radius 3 is 2.68 bits per heavy atom. The summed E-state index contributed by atoms with van der Waals surface area (Å²) in [5.41, 5.74) is 7.97. The number of hydrogen-bond donors (Lipinski definition) is 1. The van der Waals surface area contributed by atoms with Gasteiger partial charge >= 0.3 is 0 Å². The van der Waals surface area contributed by atoms with E-state index in [2.05, 4.69) is 5.10 Å². The quantitative estimate of drug-likeness (QED) is 0.755. The van der Waals surface area contributed by atoms with Gasteiger partial charge in [0.15, 0.2) is 5.78 Å². The molecule has 5 heteroatoms. The van der Waals surface area contributed by atoms with E-state index in [-0.39, 0.29) is 22.9 Å². The zero-order valence-corrected chi connectivity index (χ0v) is 12.0. The van der Waals surface area contributed by atoms with Gasteiger partial charge in [-0.1, -0.05) is 35.9 Å². The van der Waals surface area contributed by atoms with Crippen LogP contribution in [0.1, 0.15) is 21.5 Å². The average molecular weight is 295 g/mol. The number of ketones is 1. The highest BCUT2D eigenvalue weighted by molar-refractivity contribution is 6.11. The Labute approximate surface area is 127 Å². The Morgan fingerprint density at radius 2 is 1.95 bits per heavy atom. The van der Waals surface area contributed by atoms with Crippen LogP contribution in [0.3, 0.4) is 0 Å². The second-order valence-electron chi connectivity index (χ2n) is 5.01. The SMILES string of the molecule is Cc1cccc(C(=O)c2cnn(-c3ccccc3F)c2N)c1. The lowest BCUT2D eigenvalue weighted by Gasteiger charge is -2.06. The summed E-state index contributed by atoms with van der Waals surface area (Å²) in [6.07, 6.45) is 1.37. The van der Waals surface area contributed by atoms with Gasteiger partial charge in [-0.05, 0) is 25.1 Å². The van der Waals surface area contributed by atoms with Crippen LogP contribution in [0, 0.1) is 12.7 Å². The van der Waals surface area contributed by atoms with Crippen LogP contribution in [0.15, 0.2) is 54.7 Å². The van der Waals surface area contributed by atoms with Crippen LogP contribution in [0.4, 0.5) is 10.2 Å². The zero-order chi connectivity index (χ0) is 15.7. The second-order valence-corrected chi connectivity index (χ2v) is 5.01. The van der Waals surface area contributed by atoms with Gasteiger partial charge in [0.1, 0.15) is 17.3 Å². The molecular weight excluding hydrogens is 281 g/mol. The minimum absolute atomic E-state index is 0.122. The van der Waals surface area contributed by atoms with Crippen molar-refractivity contribution >= 4 is 11.6 Å². The van der Waals surface area contributed by atoms with Crippen molar-refractivity contribution in [1.29, 1.82) is 0 Å². The molecule has 3 rings (SSSR count). The maximum atomic E-state index is 13.8. The van der Waals surface area contributed by atoms with Gasteiger partial charge in [-0.2, -0.15) is 5.10 Å². The number of carbonyl (C=O) groups is 1. The third-order valence-corrected chi connectivity index (χ3v) is 3.41. The first-order valence-corrected chi connectivity index (χ1v) is 6.77. The highest BCUT2D eigenvalue weighted by Crippen LogP contribution is 2.22. The van der Waals surface area contributed by atoms with Crippen LogP contribution in [0.2, 0.25) is 0 Å². The van der Waals surface area contributed by atoms with Gasteiger partial charge in [-0.15, -0.1) is 0 Å². The Morgan fingerprint density at radius 1 is 1.18 bits per heavy atom. The summed E-state index contributed by atoms with van der Waals surface area (Å²) >= 11 is 0. The molecule has 0 unspecified atom stereocenters. The number of nitrogen functional groups attached to an aromatic ring is 1. The number of nitrogens with zero attached hydrogens (tertiary/aromatic N) is 2. The van der Waals surface area contributed by atoms with Gasteiger partial charge in [0.2, 0.25) is 0 Å². The molecule has 0 aliphatic rings. The number of rotatable bonds is 3. The van der Waals surface area contributed by atoms with E-state index in [9.17, 15) is 9.18 Å². The third kappa shape index (κ3) is 2.37. The molecular formula is C17H14FN3O. The van der Waals surface area contributed by atoms with Crippen LogP contribution < -0.4 is 5.73 Å². The van der Waals surface area contributed by atoms with Crippen molar-refractivity contribution in [3.05, 3.63) is 77.2 Å². The van der Waals surface area contributed by atoms with Crippen LogP contribution in [0.25, 0.3) is 5.69 Å². The average Bonchev–Trinajstić information content (AvgIpc) is 2.88. The van der Waals surface area contributed by atoms with Crippen molar-refractivity contribution in [3.63, 3.8) is 0 Å². The van der Waals surface area contributed by atoms with Gasteiger partial charge < -0.3 is 5.73 Å². The first kappa shape index (κ1) is 14.0. The van der Waals surface area contributed by atoms with Crippen LogP contribution in [-0.2, 0) is 0 Å². The molecule has 22 heavy (non-hydrogen) atoms. The smallest absolute Gasteiger partial charge is 0.198 e. The van der Waals surface area contributed by atoms with E-state index < -0.39 is 5.82 Å². The van der Waals surface area contributed by atoms with E-state index in [1.807, 2.05) is 13.0 Å². The van der Waals surface area contributed by atoms with Crippen molar-refractivity contribution in [1.82, 2.24) is 9.78 Å². The number of nitrogens with two attached hydrogens (primary N) is 1. The van der Waals surface area contributed by atoms with Gasteiger partial charge in [0.05, 0.1) is 11.8 Å². The Kier molecular flexibility index (Phi) is 3.47. The largest absolute Gasteiger partial charge is 0.383 e. The third-order valence-electron chi connectivity index (χ3n) is 3.41. The molecule has 0 radical (unpaired) electrons. The number of anilines is 1. The summed E-state index contributed by atoms with van der Waals surface area (Å²) in [6, 6.07) is 13.3. The minimum atomic E-state index is -0.452. The molecule has 0 atom stereocenters. The summed E-state index contributed by atoms with van der Waals surface area (Å²) in [5.74, 6) is -0.563. The Balaban J connectivity index is 2.04. The fourth-order valence-electron chi connectivity index (χ4n) is 2.29. The number of para-hydroxylation sites is 1. The summed E-state index contributed by atoms with van der Waals surface area (Å²) < 4.78 is 15.1. The molecule has 0 aliphatic carbocycles. The fraction of sp³-hybridized carbons (Fsp3) is 0.0588. The first-order valence-electron chi connectivity index (χ1n) is 6.77. The lowest BCUT2D eigenvalue weighted by molar-refractivity contribution is 0.103. The van der Waals surface area contributed by atoms with E-state index in [1.54, 1.807) is 36.4 Å². The minimum Gasteiger partial charge on any atom is -0.383 e. The van der Waals surface area contributed by atoms with Crippen molar-refractivity contribution in [2.45, 2.75) is 6.92 Å². The van der Waals surface area contributed by atoms with Gasteiger partial charge in [0, 0.05) is 5.56 Å². The molecule has 0 saturated heterocycles. The highest BCUT2D eigenvalue weighted by atomic mass is 19.1. The molecule has 110 valence electrons. The molecule has 0 saturated carbocycles. The maximum Gasteiger partial charge on any atom is 0.198 e. The first-order chi connectivity index (χ1) is 10.6. The van der Waals surface area contributed by atoms with E-state index >= 15 is 0 Å². The number of carbonyl (C=O) groups excluding carboxylic acids is 1. The van der Waals surface area contributed by atoms with Crippen molar-refractivity contribution in [2.24, 2.45) is 0 Å². The fourth-order valence-corrected chi connectivity index (χ4v) is 2.29. The van der Waals surface area contributed by atoms with Crippen molar-refractivity contribution < 1.29 is 9.18 Å². The lowest BCUT2D eigenvalue weighted by atomic mass is 10.0. The monoisotopic (exact) mass is 295 g/mol. The van der Waals surface area contributed by atoms with Crippen molar-refractivity contribution in [2.75, 3.05) is 5.73 Å². The molecule has 0 fully saturated rings. The van der Waals surface area contributed by atoms with Crippen LogP contribution in [0.5, 0.6) is 0 Å². The Bertz CT molecular complexity index is 855. The number of halogens is 1. The zero-order valence-electron chi connectivity index (χ0n) is 12.0. The van der Waals surface area contributed by atoms with E-state index in [0.29, 0.717) is 5.56 Å². The standard InChI is InChI=1S/C17H14FN3O/c1-11-5-4-6-12(9-11)16(22)13-10-20-21(17(13)19)15-8-3-2-7-14(15)18/h2-10H,19H2,1H3. The topological polar surface area (TPSA) is 60.9 Å². The molecule has 1 aromatic heterocycles. The summed E-state index contributed by atoms with van der Waals surface area (Å²) in [5, 5.41) is 4.05. The molecule has 3 aromatic rings. The van der Waals surface area contributed by atoms with E-state index in [0.717, 1.165) is 5.56 Å². The molecule has 0 bridgehead atoms. The predicted octanol–water partition coefficient (Wildman–Crippen LogP) is 3.13. The van der Waals surface area contributed by atoms with E-state index in [1.165, 1.54) is 16.9 Å². The molecule has 1 heterocycles. The predicted molar refractivity (Wildman–Crippen MR) is 82.5 cm³/mol. The lowest BCUT2D eigenvalue weighted by Crippen LogP contribution is -2.08. The number of aromatic nitrogens is 2. The molecule has 0 amide bonds. The van der Waals surface area contributed by atoms with Crippen molar-refractivity contribution in [3.8, 4) is 5.69 Å². The van der Waals surface area contributed by atoms with Crippen LogP contribution >= 0.6 is 0 Å². The van der Waals surface area contributed by atoms with Gasteiger partial charge in [-0.3, -0.25) is 4.79 Å². The van der Waals surface area contributed by atoms with Gasteiger partial charge in [0.25, 0.3) is 0 Å². The highest BCUT2D eigenvalue weighted by Gasteiger charge is 2.19. The number of hydrogen-bond acceptors (Lipinski definition) is 3. The normalized spacial score (nSPS) is 10.6. The van der Waals surface area contributed by atoms with Crippen LogP contribution in [-0.4, -0.2) is 15.6 Å². The molecule has 2 aromatic carbocycles. The number of benzene rings is 2. The van der Waals surface area contributed by atoms with E-state index in [4.69, 9.17) is 5.73 Å². The second kappa shape index (κ2) is 5.44. The Hall–Kier alpha value is -2.95. The maximum absolute atomic E-state index is 13.8.